The number of anilines is 1. The molecule has 0 aliphatic carbocycles. The predicted octanol–water partition coefficient (Wildman–Crippen LogP) is 4.70. The summed E-state index contributed by atoms with van der Waals surface area (Å²) >= 11 is 0. The first-order chi connectivity index (χ1) is 13.9. The summed E-state index contributed by atoms with van der Waals surface area (Å²) in [5, 5.41) is 2.74. The fourth-order valence-corrected chi connectivity index (χ4v) is 2.50. The number of ether oxygens (including phenoxy) is 3. The molecule has 0 saturated heterocycles. The van der Waals surface area contributed by atoms with Gasteiger partial charge in [-0.25, -0.2) is 4.79 Å². The van der Waals surface area contributed by atoms with Crippen LogP contribution in [0.15, 0.2) is 48.5 Å². The van der Waals surface area contributed by atoms with Gasteiger partial charge in [0.1, 0.15) is 0 Å². The molecule has 0 atom stereocenters. The average Bonchev–Trinajstić information content (AvgIpc) is 2.71. The van der Waals surface area contributed by atoms with Crippen LogP contribution in [0.2, 0.25) is 0 Å². The minimum atomic E-state index is -0.408. The van der Waals surface area contributed by atoms with E-state index >= 15 is 0 Å². The van der Waals surface area contributed by atoms with Crippen LogP contribution in [0.5, 0.6) is 11.5 Å². The lowest BCUT2D eigenvalue weighted by molar-refractivity contribution is -0.111. The molecule has 0 radical (unpaired) electrons. The lowest BCUT2D eigenvalue weighted by Crippen LogP contribution is -2.10. The Morgan fingerprint density at radius 3 is 2.59 bits per heavy atom. The van der Waals surface area contributed by atoms with Gasteiger partial charge in [0.05, 0.1) is 25.4 Å². The Hall–Kier alpha value is -3.28. The Balaban J connectivity index is 2.03. The van der Waals surface area contributed by atoms with Crippen molar-refractivity contribution in [3.63, 3.8) is 0 Å². The molecule has 1 amide bonds. The smallest absolute Gasteiger partial charge is 0.338 e. The maximum absolute atomic E-state index is 12.2. The van der Waals surface area contributed by atoms with Gasteiger partial charge in [-0.05, 0) is 62.2 Å². The van der Waals surface area contributed by atoms with E-state index < -0.39 is 5.97 Å². The zero-order valence-electron chi connectivity index (χ0n) is 17.2. The van der Waals surface area contributed by atoms with Gasteiger partial charge >= 0.3 is 5.97 Å². The van der Waals surface area contributed by atoms with Gasteiger partial charge in [-0.3, -0.25) is 4.79 Å². The van der Waals surface area contributed by atoms with E-state index in [4.69, 9.17) is 14.2 Å². The average molecular weight is 397 g/mol. The minimum Gasteiger partial charge on any atom is -0.493 e. The van der Waals surface area contributed by atoms with Crippen molar-refractivity contribution in [3.05, 3.63) is 59.7 Å². The number of benzene rings is 2. The quantitative estimate of drug-likeness (QED) is 0.490. The topological polar surface area (TPSA) is 73.9 Å². The third kappa shape index (κ3) is 6.99. The SMILES string of the molecule is CCCOC(=O)c1cccc(NC(=O)/C=C/c2ccc(OC(C)C)c(OC)c2)c1. The molecule has 6 heteroatoms. The van der Waals surface area contributed by atoms with Crippen LogP contribution in [0, 0.1) is 0 Å². The van der Waals surface area contributed by atoms with Crippen LogP contribution < -0.4 is 14.8 Å². The number of esters is 1. The van der Waals surface area contributed by atoms with Crippen LogP contribution >= 0.6 is 0 Å². The maximum Gasteiger partial charge on any atom is 0.338 e. The standard InChI is InChI=1S/C23H27NO5/c1-5-13-28-23(26)18-7-6-8-19(15-18)24-22(25)12-10-17-9-11-20(29-16(2)3)21(14-17)27-4/h6-12,14-16H,5,13H2,1-4H3,(H,24,25)/b12-10+. The molecule has 0 aliphatic heterocycles. The van der Waals surface area contributed by atoms with Crippen molar-refractivity contribution in [1.82, 2.24) is 0 Å². The molecule has 154 valence electrons. The van der Waals surface area contributed by atoms with Gasteiger partial charge in [0.2, 0.25) is 5.91 Å². The molecular weight excluding hydrogens is 370 g/mol. The Morgan fingerprint density at radius 2 is 1.90 bits per heavy atom. The molecule has 29 heavy (non-hydrogen) atoms. The van der Waals surface area contributed by atoms with Crippen LogP contribution in [-0.2, 0) is 9.53 Å². The van der Waals surface area contributed by atoms with Crippen molar-refractivity contribution in [3.8, 4) is 11.5 Å². The summed E-state index contributed by atoms with van der Waals surface area (Å²) < 4.78 is 16.1. The number of amides is 1. The summed E-state index contributed by atoms with van der Waals surface area (Å²) in [4.78, 5) is 24.2. The molecule has 0 saturated carbocycles. The molecule has 0 unspecified atom stereocenters. The van der Waals surface area contributed by atoms with Gasteiger partial charge in [0, 0.05) is 11.8 Å². The van der Waals surface area contributed by atoms with Crippen molar-refractivity contribution in [1.29, 1.82) is 0 Å². The lowest BCUT2D eigenvalue weighted by Gasteiger charge is -2.13. The van der Waals surface area contributed by atoms with Crippen molar-refractivity contribution in [2.45, 2.75) is 33.3 Å². The fraction of sp³-hybridized carbons (Fsp3) is 0.304. The van der Waals surface area contributed by atoms with Crippen LogP contribution in [-0.4, -0.2) is 31.7 Å². The van der Waals surface area contributed by atoms with E-state index in [0.29, 0.717) is 29.4 Å². The van der Waals surface area contributed by atoms with Crippen molar-refractivity contribution in [2.24, 2.45) is 0 Å². The molecule has 2 rings (SSSR count). The Morgan fingerprint density at radius 1 is 1.10 bits per heavy atom. The first-order valence-electron chi connectivity index (χ1n) is 9.54. The van der Waals surface area contributed by atoms with E-state index in [-0.39, 0.29) is 12.0 Å². The summed E-state index contributed by atoms with van der Waals surface area (Å²) in [5.41, 5.74) is 1.71. The highest BCUT2D eigenvalue weighted by molar-refractivity contribution is 6.02. The van der Waals surface area contributed by atoms with E-state index in [1.54, 1.807) is 43.5 Å². The highest BCUT2D eigenvalue weighted by Gasteiger charge is 2.09. The van der Waals surface area contributed by atoms with Crippen LogP contribution in [0.4, 0.5) is 5.69 Å². The molecule has 0 fully saturated rings. The fourth-order valence-electron chi connectivity index (χ4n) is 2.50. The number of carbonyl (C=O) groups is 2. The zero-order chi connectivity index (χ0) is 21.2. The molecule has 0 spiro atoms. The second kappa shape index (κ2) is 10.9. The second-order valence-corrected chi connectivity index (χ2v) is 6.62. The van der Waals surface area contributed by atoms with E-state index in [1.165, 1.54) is 6.08 Å². The third-order valence-corrected chi connectivity index (χ3v) is 3.78. The molecule has 1 N–H and O–H groups in total. The molecule has 0 aliphatic rings. The van der Waals surface area contributed by atoms with Gasteiger partial charge in [-0.15, -0.1) is 0 Å². The highest BCUT2D eigenvalue weighted by atomic mass is 16.5. The first kappa shape index (κ1) is 22.0. The van der Waals surface area contributed by atoms with E-state index in [2.05, 4.69) is 5.32 Å². The van der Waals surface area contributed by atoms with E-state index in [0.717, 1.165) is 12.0 Å². The van der Waals surface area contributed by atoms with Gasteiger partial charge in [-0.2, -0.15) is 0 Å². The Labute approximate surface area is 171 Å². The number of rotatable bonds is 9. The summed E-state index contributed by atoms with van der Waals surface area (Å²) in [6.07, 6.45) is 3.88. The van der Waals surface area contributed by atoms with Crippen molar-refractivity contribution < 1.29 is 23.8 Å². The van der Waals surface area contributed by atoms with Crippen molar-refractivity contribution in [2.75, 3.05) is 19.0 Å². The number of hydrogen-bond donors (Lipinski definition) is 1. The van der Waals surface area contributed by atoms with Crippen LogP contribution in [0.3, 0.4) is 0 Å². The third-order valence-electron chi connectivity index (χ3n) is 3.78. The summed E-state index contributed by atoms with van der Waals surface area (Å²) in [6.45, 7) is 6.17. The number of methoxy groups -OCH3 is 1. The van der Waals surface area contributed by atoms with Crippen molar-refractivity contribution >= 4 is 23.6 Å². The summed E-state index contributed by atoms with van der Waals surface area (Å²) in [7, 11) is 1.57. The minimum absolute atomic E-state index is 0.0334. The maximum atomic E-state index is 12.2. The molecule has 0 aromatic heterocycles. The number of nitrogens with one attached hydrogen (secondary N) is 1. The lowest BCUT2D eigenvalue weighted by atomic mass is 10.1. The second-order valence-electron chi connectivity index (χ2n) is 6.62. The van der Waals surface area contributed by atoms with Gasteiger partial charge in [0.25, 0.3) is 0 Å². The van der Waals surface area contributed by atoms with Gasteiger partial charge < -0.3 is 19.5 Å². The molecule has 0 bridgehead atoms. The Bertz CT molecular complexity index is 873. The van der Waals surface area contributed by atoms with E-state index in [1.807, 2.05) is 32.9 Å². The molecule has 2 aromatic rings. The summed E-state index contributed by atoms with van der Waals surface area (Å²) in [6, 6.07) is 12.1. The molecular formula is C23H27NO5. The normalized spacial score (nSPS) is 10.8. The first-order valence-corrected chi connectivity index (χ1v) is 9.54. The van der Waals surface area contributed by atoms with Crippen LogP contribution in [0.1, 0.15) is 43.1 Å². The van der Waals surface area contributed by atoms with E-state index in [9.17, 15) is 9.59 Å². The number of carbonyl (C=O) groups excluding carboxylic acids is 2. The molecule has 2 aromatic carbocycles. The Kier molecular flexibility index (Phi) is 8.27. The summed E-state index contributed by atoms with van der Waals surface area (Å²) in [5.74, 6) is 0.523. The van der Waals surface area contributed by atoms with Crippen LogP contribution in [0.25, 0.3) is 6.08 Å². The largest absolute Gasteiger partial charge is 0.493 e. The number of hydrogen-bond acceptors (Lipinski definition) is 5. The predicted molar refractivity (Wildman–Crippen MR) is 113 cm³/mol. The van der Waals surface area contributed by atoms with Gasteiger partial charge in [-0.1, -0.05) is 19.1 Å². The monoisotopic (exact) mass is 397 g/mol. The molecule has 0 heterocycles. The highest BCUT2D eigenvalue weighted by Crippen LogP contribution is 2.29. The zero-order valence-corrected chi connectivity index (χ0v) is 17.2. The van der Waals surface area contributed by atoms with Gasteiger partial charge in [0.15, 0.2) is 11.5 Å². The molecule has 6 nitrogen and oxygen atoms in total.